The standard InChI is InChI=1S/C9H12O3/c1-2-11-9(10)8-6-4-3-5-7-12-8/h3,5-6H,2,4,7H2,1H3. The van der Waals surface area contributed by atoms with Crippen molar-refractivity contribution < 1.29 is 14.3 Å². The predicted octanol–water partition coefficient (Wildman–Crippen LogP) is 1.41. The summed E-state index contributed by atoms with van der Waals surface area (Å²) in [6.45, 7) is 2.60. The zero-order chi connectivity index (χ0) is 8.81. The van der Waals surface area contributed by atoms with Crippen LogP contribution in [0.2, 0.25) is 0 Å². The van der Waals surface area contributed by atoms with Gasteiger partial charge in [0.2, 0.25) is 5.76 Å². The zero-order valence-corrected chi connectivity index (χ0v) is 7.08. The molecule has 0 bridgehead atoms. The lowest BCUT2D eigenvalue weighted by Crippen LogP contribution is -2.10. The molecule has 0 aromatic heterocycles. The first-order chi connectivity index (χ1) is 5.84. The summed E-state index contributed by atoms with van der Waals surface area (Å²) in [4.78, 5) is 11.1. The second-order valence-corrected chi connectivity index (χ2v) is 2.31. The van der Waals surface area contributed by atoms with E-state index in [1.807, 2.05) is 12.2 Å². The van der Waals surface area contributed by atoms with Crippen molar-refractivity contribution in [2.24, 2.45) is 0 Å². The number of hydrogen-bond donors (Lipinski definition) is 0. The van der Waals surface area contributed by atoms with Crippen LogP contribution >= 0.6 is 0 Å². The van der Waals surface area contributed by atoms with Crippen LogP contribution in [0.3, 0.4) is 0 Å². The predicted molar refractivity (Wildman–Crippen MR) is 44.4 cm³/mol. The molecule has 0 saturated carbocycles. The fraction of sp³-hybridized carbons (Fsp3) is 0.444. The van der Waals surface area contributed by atoms with Crippen molar-refractivity contribution in [1.82, 2.24) is 0 Å². The highest BCUT2D eigenvalue weighted by Gasteiger charge is 2.11. The summed E-state index contributed by atoms with van der Waals surface area (Å²) in [7, 11) is 0. The summed E-state index contributed by atoms with van der Waals surface area (Å²) in [5.41, 5.74) is 0. The van der Waals surface area contributed by atoms with Gasteiger partial charge in [-0.25, -0.2) is 4.79 Å². The van der Waals surface area contributed by atoms with E-state index in [2.05, 4.69) is 0 Å². The third-order valence-corrected chi connectivity index (χ3v) is 1.42. The highest BCUT2D eigenvalue weighted by molar-refractivity contribution is 5.86. The van der Waals surface area contributed by atoms with Crippen molar-refractivity contribution in [3.8, 4) is 0 Å². The van der Waals surface area contributed by atoms with Crippen LogP contribution in [0.15, 0.2) is 24.0 Å². The smallest absolute Gasteiger partial charge is 0.373 e. The van der Waals surface area contributed by atoms with Gasteiger partial charge in [0.25, 0.3) is 0 Å². The first kappa shape index (κ1) is 8.84. The van der Waals surface area contributed by atoms with E-state index in [0.29, 0.717) is 19.0 Å². The van der Waals surface area contributed by atoms with Crippen LogP contribution in [0.1, 0.15) is 13.3 Å². The molecule has 12 heavy (non-hydrogen) atoms. The van der Waals surface area contributed by atoms with E-state index in [4.69, 9.17) is 9.47 Å². The Hall–Kier alpha value is -1.25. The Balaban J connectivity index is 2.50. The first-order valence-electron chi connectivity index (χ1n) is 3.99. The Labute approximate surface area is 71.7 Å². The topological polar surface area (TPSA) is 35.5 Å². The molecule has 3 heteroatoms. The van der Waals surface area contributed by atoms with Crippen LogP contribution in [-0.4, -0.2) is 19.2 Å². The molecule has 0 N–H and O–H groups in total. The molecule has 1 heterocycles. The minimum Gasteiger partial charge on any atom is -0.483 e. The van der Waals surface area contributed by atoms with Crippen molar-refractivity contribution >= 4 is 5.97 Å². The monoisotopic (exact) mass is 168 g/mol. The molecule has 0 saturated heterocycles. The summed E-state index contributed by atoms with van der Waals surface area (Å²) in [6.07, 6.45) is 6.28. The second-order valence-electron chi connectivity index (χ2n) is 2.31. The van der Waals surface area contributed by atoms with Gasteiger partial charge < -0.3 is 9.47 Å². The van der Waals surface area contributed by atoms with Gasteiger partial charge in [0, 0.05) is 0 Å². The van der Waals surface area contributed by atoms with Crippen LogP contribution in [-0.2, 0) is 14.3 Å². The first-order valence-corrected chi connectivity index (χ1v) is 3.99. The highest BCUT2D eigenvalue weighted by atomic mass is 16.6. The number of carbonyl (C=O) groups is 1. The third-order valence-electron chi connectivity index (χ3n) is 1.42. The van der Waals surface area contributed by atoms with Crippen LogP contribution in [0.5, 0.6) is 0 Å². The molecule has 0 atom stereocenters. The molecular weight excluding hydrogens is 156 g/mol. The van der Waals surface area contributed by atoms with E-state index in [1.54, 1.807) is 13.0 Å². The minimum absolute atomic E-state index is 0.321. The molecule has 1 aliphatic rings. The van der Waals surface area contributed by atoms with Crippen LogP contribution in [0.25, 0.3) is 0 Å². The van der Waals surface area contributed by atoms with Crippen molar-refractivity contribution in [2.45, 2.75) is 13.3 Å². The summed E-state index contributed by atoms with van der Waals surface area (Å²) in [5.74, 6) is -0.0527. The molecule has 66 valence electrons. The van der Waals surface area contributed by atoms with Crippen LogP contribution in [0.4, 0.5) is 0 Å². The Morgan fingerprint density at radius 1 is 1.67 bits per heavy atom. The maximum atomic E-state index is 11.1. The molecule has 0 aromatic carbocycles. The minimum atomic E-state index is -0.374. The number of carbonyl (C=O) groups excluding carboxylic acids is 1. The van der Waals surface area contributed by atoms with Gasteiger partial charge in [0.05, 0.1) is 6.61 Å². The molecule has 1 rings (SSSR count). The van der Waals surface area contributed by atoms with Gasteiger partial charge >= 0.3 is 5.97 Å². The van der Waals surface area contributed by atoms with Gasteiger partial charge in [-0.3, -0.25) is 0 Å². The third kappa shape index (κ3) is 2.42. The van der Waals surface area contributed by atoms with E-state index < -0.39 is 0 Å². The van der Waals surface area contributed by atoms with Gasteiger partial charge in [0.1, 0.15) is 6.61 Å². The summed E-state index contributed by atoms with van der Waals surface area (Å²) in [6, 6.07) is 0. The molecule has 0 radical (unpaired) electrons. The zero-order valence-electron chi connectivity index (χ0n) is 7.08. The van der Waals surface area contributed by atoms with E-state index in [9.17, 15) is 4.79 Å². The molecule has 3 nitrogen and oxygen atoms in total. The second kappa shape index (κ2) is 4.59. The fourth-order valence-electron chi connectivity index (χ4n) is 0.881. The van der Waals surface area contributed by atoms with E-state index in [1.165, 1.54) is 0 Å². The summed E-state index contributed by atoms with van der Waals surface area (Å²) < 4.78 is 9.89. The number of hydrogen-bond acceptors (Lipinski definition) is 3. The highest BCUT2D eigenvalue weighted by Crippen LogP contribution is 2.06. The lowest BCUT2D eigenvalue weighted by Gasteiger charge is -2.05. The molecule has 0 fully saturated rings. The average molecular weight is 168 g/mol. The molecule has 0 spiro atoms. The lowest BCUT2D eigenvalue weighted by atomic mass is 10.3. The van der Waals surface area contributed by atoms with Gasteiger partial charge in [-0.1, -0.05) is 12.2 Å². The number of esters is 1. The molecule has 0 aliphatic carbocycles. The summed E-state index contributed by atoms with van der Waals surface area (Å²) in [5, 5.41) is 0. The Morgan fingerprint density at radius 2 is 2.50 bits per heavy atom. The van der Waals surface area contributed by atoms with Gasteiger partial charge in [-0.15, -0.1) is 0 Å². The molecular formula is C9H12O3. The van der Waals surface area contributed by atoms with E-state index in [-0.39, 0.29) is 5.97 Å². The fourth-order valence-corrected chi connectivity index (χ4v) is 0.881. The molecule has 0 unspecified atom stereocenters. The Kier molecular flexibility index (Phi) is 3.38. The van der Waals surface area contributed by atoms with Gasteiger partial charge in [0.15, 0.2) is 0 Å². The van der Waals surface area contributed by atoms with E-state index in [0.717, 1.165) is 6.42 Å². The summed E-state index contributed by atoms with van der Waals surface area (Å²) >= 11 is 0. The lowest BCUT2D eigenvalue weighted by molar-refractivity contribution is -0.142. The molecule has 1 aliphatic heterocycles. The largest absolute Gasteiger partial charge is 0.483 e. The number of rotatable bonds is 2. The van der Waals surface area contributed by atoms with Gasteiger partial charge in [-0.2, -0.15) is 0 Å². The quantitative estimate of drug-likeness (QED) is 0.462. The molecule has 0 aromatic rings. The maximum absolute atomic E-state index is 11.1. The van der Waals surface area contributed by atoms with Crippen molar-refractivity contribution in [3.05, 3.63) is 24.0 Å². The normalized spacial score (nSPS) is 15.9. The van der Waals surface area contributed by atoms with Crippen LogP contribution < -0.4 is 0 Å². The SMILES string of the molecule is CCOC(=O)C1=CCC=CCO1. The maximum Gasteiger partial charge on any atom is 0.373 e. The Morgan fingerprint density at radius 3 is 3.25 bits per heavy atom. The van der Waals surface area contributed by atoms with Crippen LogP contribution in [0, 0.1) is 0 Å². The van der Waals surface area contributed by atoms with Crippen molar-refractivity contribution in [1.29, 1.82) is 0 Å². The Bertz CT molecular complexity index is 216. The van der Waals surface area contributed by atoms with Crippen molar-refractivity contribution in [3.63, 3.8) is 0 Å². The van der Waals surface area contributed by atoms with Crippen molar-refractivity contribution in [2.75, 3.05) is 13.2 Å². The molecule has 0 amide bonds. The number of ether oxygens (including phenoxy) is 2. The number of allylic oxidation sites excluding steroid dienone is 2. The van der Waals surface area contributed by atoms with Gasteiger partial charge in [-0.05, 0) is 19.4 Å². The van der Waals surface area contributed by atoms with E-state index >= 15 is 0 Å². The average Bonchev–Trinajstić information content (AvgIpc) is 2.32.